The maximum Gasteiger partial charge on any atom is 0.410 e. The lowest BCUT2D eigenvalue weighted by Gasteiger charge is -2.42. The molecule has 0 bridgehead atoms. The molecule has 0 unspecified atom stereocenters. The number of ether oxygens (including phenoxy) is 1. The van der Waals surface area contributed by atoms with Crippen LogP contribution in [0, 0.1) is 0 Å². The van der Waals surface area contributed by atoms with Crippen LogP contribution in [0.3, 0.4) is 0 Å². The maximum absolute atomic E-state index is 11.9. The smallest absolute Gasteiger partial charge is 0.410 e. The van der Waals surface area contributed by atoms with Crippen LogP contribution in [-0.4, -0.2) is 60.5 Å². The van der Waals surface area contributed by atoms with Crippen LogP contribution >= 0.6 is 0 Å². The molecule has 1 heterocycles. The fraction of sp³-hybridized carbons (Fsp3) is 0.846. The number of amides is 1. The first-order chi connectivity index (χ1) is 8.20. The summed E-state index contributed by atoms with van der Waals surface area (Å²) in [5.41, 5.74) is -0.906. The van der Waals surface area contributed by atoms with Crippen LogP contribution < -0.4 is 0 Å². The Kier molecular flexibility index (Phi) is 4.37. The van der Waals surface area contributed by atoms with Gasteiger partial charge >= 0.3 is 6.09 Å². The van der Waals surface area contributed by atoms with Crippen LogP contribution in [0.1, 0.15) is 33.6 Å². The molecule has 5 nitrogen and oxygen atoms in total. The van der Waals surface area contributed by atoms with Gasteiger partial charge in [-0.15, -0.1) is 0 Å². The van der Waals surface area contributed by atoms with Gasteiger partial charge in [0.2, 0.25) is 0 Å². The summed E-state index contributed by atoms with van der Waals surface area (Å²) in [6.07, 6.45) is 2.02. The van der Waals surface area contributed by atoms with Crippen molar-refractivity contribution in [2.45, 2.75) is 44.8 Å². The van der Waals surface area contributed by atoms with E-state index in [9.17, 15) is 9.59 Å². The molecule has 1 amide bonds. The van der Waals surface area contributed by atoms with E-state index in [0.29, 0.717) is 25.9 Å². The van der Waals surface area contributed by atoms with E-state index in [0.717, 1.165) is 6.29 Å². The van der Waals surface area contributed by atoms with Gasteiger partial charge in [-0.25, -0.2) is 4.79 Å². The summed E-state index contributed by atoms with van der Waals surface area (Å²) in [6, 6.07) is 0. The van der Waals surface area contributed by atoms with Crippen LogP contribution in [0.5, 0.6) is 0 Å². The quantitative estimate of drug-likeness (QED) is 0.703. The molecule has 0 spiro atoms. The molecule has 1 rings (SSSR count). The van der Waals surface area contributed by atoms with Gasteiger partial charge in [-0.1, -0.05) is 0 Å². The van der Waals surface area contributed by atoms with Gasteiger partial charge in [0, 0.05) is 13.1 Å². The largest absolute Gasteiger partial charge is 0.444 e. The molecular weight excluding hydrogens is 232 g/mol. The summed E-state index contributed by atoms with van der Waals surface area (Å²) in [7, 11) is 3.80. The number of piperidine rings is 1. The molecule has 5 heteroatoms. The first-order valence-corrected chi connectivity index (χ1v) is 6.32. The molecule has 1 aliphatic rings. The summed E-state index contributed by atoms with van der Waals surface area (Å²) in [6.45, 7) is 6.68. The fourth-order valence-electron chi connectivity index (χ4n) is 2.07. The van der Waals surface area contributed by atoms with Crippen molar-refractivity contribution in [3.05, 3.63) is 0 Å². The molecule has 0 aromatic heterocycles. The minimum Gasteiger partial charge on any atom is -0.444 e. The van der Waals surface area contributed by atoms with E-state index < -0.39 is 11.1 Å². The molecule has 0 radical (unpaired) electrons. The minimum atomic E-state index is -0.474. The number of carbonyl (C=O) groups is 2. The highest BCUT2D eigenvalue weighted by Gasteiger charge is 2.38. The summed E-state index contributed by atoms with van der Waals surface area (Å²) < 4.78 is 5.32. The summed E-state index contributed by atoms with van der Waals surface area (Å²) in [5.74, 6) is 0. The molecular formula is C13H24N2O3. The topological polar surface area (TPSA) is 49.9 Å². The highest BCUT2D eigenvalue weighted by molar-refractivity contribution is 5.70. The first-order valence-electron chi connectivity index (χ1n) is 6.32. The second kappa shape index (κ2) is 5.26. The van der Waals surface area contributed by atoms with Crippen LogP contribution in [0.2, 0.25) is 0 Å². The van der Waals surface area contributed by atoms with Gasteiger partial charge in [0.25, 0.3) is 0 Å². The summed E-state index contributed by atoms with van der Waals surface area (Å²) >= 11 is 0. The standard InChI is InChI=1S/C13H24N2O3/c1-12(2,3)18-11(17)15-8-6-13(10-16,7-9-15)14(4)5/h10H,6-9H2,1-5H3. The minimum absolute atomic E-state index is 0.291. The lowest BCUT2D eigenvalue weighted by molar-refractivity contribution is -0.120. The second-order valence-corrected chi connectivity index (χ2v) is 6.08. The average molecular weight is 256 g/mol. The van der Waals surface area contributed by atoms with E-state index >= 15 is 0 Å². The van der Waals surface area contributed by atoms with Gasteiger partial charge in [0.05, 0.1) is 5.54 Å². The van der Waals surface area contributed by atoms with E-state index in [4.69, 9.17) is 4.74 Å². The van der Waals surface area contributed by atoms with Crippen molar-refractivity contribution in [3.63, 3.8) is 0 Å². The van der Waals surface area contributed by atoms with Crippen molar-refractivity contribution in [2.75, 3.05) is 27.2 Å². The Morgan fingerprint density at radius 2 is 1.78 bits per heavy atom. The van der Waals surface area contributed by atoms with Crippen molar-refractivity contribution in [1.82, 2.24) is 9.80 Å². The Balaban J connectivity index is 2.58. The molecule has 1 fully saturated rings. The molecule has 0 aromatic rings. The zero-order chi connectivity index (χ0) is 14.0. The third kappa shape index (κ3) is 3.45. The highest BCUT2D eigenvalue weighted by atomic mass is 16.6. The number of likely N-dealkylation sites (N-methyl/N-ethyl adjacent to an activating group) is 1. The number of nitrogens with zero attached hydrogens (tertiary/aromatic N) is 2. The molecule has 104 valence electrons. The van der Waals surface area contributed by atoms with E-state index in [-0.39, 0.29) is 6.09 Å². The second-order valence-electron chi connectivity index (χ2n) is 6.08. The van der Waals surface area contributed by atoms with Crippen LogP contribution in [0.4, 0.5) is 4.79 Å². The number of likely N-dealkylation sites (tertiary alicyclic amines) is 1. The highest BCUT2D eigenvalue weighted by Crippen LogP contribution is 2.25. The fourth-order valence-corrected chi connectivity index (χ4v) is 2.07. The number of hydrogen-bond donors (Lipinski definition) is 0. The molecule has 0 atom stereocenters. The van der Waals surface area contributed by atoms with Crippen molar-refractivity contribution in [2.24, 2.45) is 0 Å². The Labute approximate surface area is 109 Å². The van der Waals surface area contributed by atoms with E-state index in [1.807, 2.05) is 39.8 Å². The van der Waals surface area contributed by atoms with Crippen LogP contribution in [0.25, 0.3) is 0 Å². The van der Waals surface area contributed by atoms with E-state index in [1.54, 1.807) is 4.90 Å². The Hall–Kier alpha value is -1.10. The predicted molar refractivity (Wildman–Crippen MR) is 69.5 cm³/mol. The monoisotopic (exact) mass is 256 g/mol. The van der Waals surface area contributed by atoms with Gasteiger partial charge < -0.3 is 14.4 Å². The average Bonchev–Trinajstić information content (AvgIpc) is 2.26. The number of rotatable bonds is 2. The first kappa shape index (κ1) is 15.0. The molecule has 0 N–H and O–H groups in total. The third-order valence-corrected chi connectivity index (χ3v) is 3.39. The van der Waals surface area contributed by atoms with Gasteiger partial charge in [-0.2, -0.15) is 0 Å². The zero-order valence-electron chi connectivity index (χ0n) is 12.0. The summed E-state index contributed by atoms with van der Waals surface area (Å²) in [4.78, 5) is 26.8. The van der Waals surface area contributed by atoms with Crippen molar-refractivity contribution >= 4 is 12.4 Å². The van der Waals surface area contributed by atoms with Crippen molar-refractivity contribution in [3.8, 4) is 0 Å². The van der Waals surface area contributed by atoms with Crippen molar-refractivity contribution < 1.29 is 14.3 Å². The molecule has 0 aliphatic carbocycles. The van der Waals surface area contributed by atoms with E-state index in [1.165, 1.54) is 0 Å². The Morgan fingerprint density at radius 3 is 2.11 bits per heavy atom. The Bertz CT molecular complexity index is 313. The number of aldehydes is 1. The SMILES string of the molecule is CN(C)C1(C=O)CCN(C(=O)OC(C)(C)C)CC1. The number of hydrogen-bond acceptors (Lipinski definition) is 4. The summed E-state index contributed by atoms with van der Waals surface area (Å²) in [5, 5.41) is 0. The van der Waals surface area contributed by atoms with Crippen LogP contribution in [0.15, 0.2) is 0 Å². The van der Waals surface area contributed by atoms with Gasteiger partial charge in [0.15, 0.2) is 0 Å². The predicted octanol–water partition coefficient (Wildman–Crippen LogP) is 1.52. The normalized spacial score (nSPS) is 19.8. The third-order valence-electron chi connectivity index (χ3n) is 3.39. The lowest BCUT2D eigenvalue weighted by Crippen LogP contribution is -2.55. The van der Waals surface area contributed by atoms with Gasteiger partial charge in [-0.3, -0.25) is 4.90 Å². The molecule has 0 saturated carbocycles. The zero-order valence-corrected chi connectivity index (χ0v) is 12.0. The molecule has 18 heavy (non-hydrogen) atoms. The number of carbonyl (C=O) groups excluding carboxylic acids is 2. The molecule has 0 aromatic carbocycles. The van der Waals surface area contributed by atoms with Gasteiger partial charge in [-0.05, 0) is 47.7 Å². The van der Waals surface area contributed by atoms with Gasteiger partial charge in [0.1, 0.15) is 11.9 Å². The molecule has 1 aliphatic heterocycles. The lowest BCUT2D eigenvalue weighted by atomic mass is 9.88. The van der Waals surface area contributed by atoms with Crippen molar-refractivity contribution in [1.29, 1.82) is 0 Å². The van der Waals surface area contributed by atoms with E-state index in [2.05, 4.69) is 0 Å². The Morgan fingerprint density at radius 1 is 1.28 bits per heavy atom. The molecule has 1 saturated heterocycles. The van der Waals surface area contributed by atoms with Crippen LogP contribution in [-0.2, 0) is 9.53 Å². The maximum atomic E-state index is 11.9.